The lowest BCUT2D eigenvalue weighted by Crippen LogP contribution is -2.31. The Hall–Kier alpha value is -1.64. The van der Waals surface area contributed by atoms with E-state index in [1.165, 1.54) is 5.56 Å². The molecule has 1 atom stereocenters. The van der Waals surface area contributed by atoms with Crippen LogP contribution in [-0.2, 0) is 4.79 Å². The van der Waals surface area contributed by atoms with Crippen molar-refractivity contribution < 1.29 is 4.79 Å². The summed E-state index contributed by atoms with van der Waals surface area (Å²) in [7, 11) is 0. The Morgan fingerprint density at radius 2 is 2.12 bits per heavy atom. The Balaban J connectivity index is 2.30. The van der Waals surface area contributed by atoms with Crippen molar-refractivity contribution in [1.82, 2.24) is 5.32 Å². The van der Waals surface area contributed by atoms with E-state index in [1.807, 2.05) is 45.0 Å². The fourth-order valence-electron chi connectivity index (χ4n) is 1.81. The van der Waals surface area contributed by atoms with Crippen molar-refractivity contribution in [3.8, 4) is 0 Å². The molecule has 1 aliphatic rings. The number of carbonyl (C=O) groups excluding carboxylic acids is 1. The van der Waals surface area contributed by atoms with Crippen molar-refractivity contribution in [1.29, 1.82) is 0 Å². The molecular weight excluding hydrogens is 200 g/mol. The lowest BCUT2D eigenvalue weighted by molar-refractivity contribution is -0.120. The smallest absolute Gasteiger partial charge is 0.250 e. The van der Waals surface area contributed by atoms with E-state index in [0.717, 1.165) is 5.56 Å². The van der Waals surface area contributed by atoms with Gasteiger partial charge in [0.25, 0.3) is 5.91 Å². The summed E-state index contributed by atoms with van der Waals surface area (Å²) in [6, 6.07) is 7.76. The van der Waals surface area contributed by atoms with Crippen LogP contribution in [0, 0.1) is 12.8 Å². The number of rotatable bonds is 2. The van der Waals surface area contributed by atoms with Gasteiger partial charge in [0.05, 0.1) is 0 Å². The maximum absolute atomic E-state index is 11.7. The van der Waals surface area contributed by atoms with Gasteiger partial charge in [0.2, 0.25) is 0 Å². The molecule has 0 radical (unpaired) electrons. The third-order valence-corrected chi connectivity index (χ3v) is 2.70. The summed E-state index contributed by atoms with van der Waals surface area (Å²) in [4.78, 5) is 16.1. The van der Waals surface area contributed by atoms with Gasteiger partial charge in [-0.1, -0.05) is 37.6 Å². The van der Waals surface area contributed by atoms with Gasteiger partial charge < -0.3 is 5.32 Å². The fourth-order valence-corrected chi connectivity index (χ4v) is 1.81. The number of hydrogen-bond acceptors (Lipinski definition) is 2. The van der Waals surface area contributed by atoms with Crippen molar-refractivity contribution in [3.05, 3.63) is 35.4 Å². The predicted octanol–water partition coefficient (Wildman–Crippen LogP) is 1.90. The molecule has 0 bridgehead atoms. The van der Waals surface area contributed by atoms with Crippen LogP contribution in [0.5, 0.6) is 0 Å². The van der Waals surface area contributed by atoms with Crippen LogP contribution in [-0.4, -0.2) is 17.8 Å². The Labute approximate surface area is 95.6 Å². The van der Waals surface area contributed by atoms with Gasteiger partial charge in [-0.05, 0) is 18.9 Å². The van der Waals surface area contributed by atoms with Gasteiger partial charge in [-0.3, -0.25) is 9.79 Å². The average molecular weight is 216 g/mol. The zero-order chi connectivity index (χ0) is 11.7. The molecule has 0 aromatic heterocycles. The highest BCUT2D eigenvalue weighted by molar-refractivity contribution is 6.13. The number of amides is 1. The summed E-state index contributed by atoms with van der Waals surface area (Å²) in [5, 5.41) is 2.84. The van der Waals surface area contributed by atoms with Gasteiger partial charge in [-0.25, -0.2) is 0 Å². The van der Waals surface area contributed by atoms with Gasteiger partial charge in [-0.15, -0.1) is 0 Å². The SMILES string of the molecule is Cc1cccc(C2=NC(C(C)C)C(=O)N2)c1. The standard InChI is InChI=1S/C13H16N2O/c1-8(2)11-13(16)15-12(14-11)10-6-4-5-9(3)7-10/h4-8,11H,1-3H3,(H,14,15,16). The van der Waals surface area contributed by atoms with Gasteiger partial charge in [0, 0.05) is 5.56 Å². The Morgan fingerprint density at radius 1 is 1.38 bits per heavy atom. The number of aliphatic imine (C=N–C) groups is 1. The third-order valence-electron chi connectivity index (χ3n) is 2.70. The summed E-state index contributed by atoms with van der Waals surface area (Å²) < 4.78 is 0. The van der Waals surface area contributed by atoms with Gasteiger partial charge in [0.15, 0.2) is 0 Å². The minimum absolute atomic E-state index is 0.00602. The zero-order valence-electron chi connectivity index (χ0n) is 9.82. The molecule has 0 spiro atoms. The van der Waals surface area contributed by atoms with Gasteiger partial charge >= 0.3 is 0 Å². The van der Waals surface area contributed by atoms with E-state index in [2.05, 4.69) is 10.3 Å². The van der Waals surface area contributed by atoms with E-state index in [-0.39, 0.29) is 17.9 Å². The molecule has 0 saturated carbocycles. The van der Waals surface area contributed by atoms with E-state index in [4.69, 9.17) is 0 Å². The summed E-state index contributed by atoms with van der Waals surface area (Å²) >= 11 is 0. The summed E-state index contributed by atoms with van der Waals surface area (Å²) in [6.07, 6.45) is 0. The second-order valence-electron chi connectivity index (χ2n) is 4.53. The Bertz CT molecular complexity index is 449. The van der Waals surface area contributed by atoms with Crippen molar-refractivity contribution in [3.63, 3.8) is 0 Å². The molecule has 84 valence electrons. The van der Waals surface area contributed by atoms with Crippen LogP contribution in [0.4, 0.5) is 0 Å². The molecule has 2 rings (SSSR count). The quantitative estimate of drug-likeness (QED) is 0.806. The minimum Gasteiger partial charge on any atom is -0.309 e. The van der Waals surface area contributed by atoms with Crippen LogP contribution >= 0.6 is 0 Å². The molecule has 1 amide bonds. The minimum atomic E-state index is -0.240. The maximum Gasteiger partial charge on any atom is 0.250 e. The lowest BCUT2D eigenvalue weighted by Gasteiger charge is -2.06. The Morgan fingerprint density at radius 3 is 2.69 bits per heavy atom. The van der Waals surface area contributed by atoms with Gasteiger partial charge in [0.1, 0.15) is 11.9 Å². The highest BCUT2D eigenvalue weighted by atomic mass is 16.2. The molecule has 1 unspecified atom stereocenters. The van der Waals surface area contributed by atoms with E-state index >= 15 is 0 Å². The number of hydrogen-bond donors (Lipinski definition) is 1. The normalized spacial score (nSPS) is 19.9. The molecule has 0 saturated heterocycles. The van der Waals surface area contributed by atoms with Crippen molar-refractivity contribution in [2.45, 2.75) is 26.8 Å². The molecular formula is C13H16N2O. The highest BCUT2D eigenvalue weighted by Crippen LogP contribution is 2.15. The molecule has 1 N–H and O–H groups in total. The van der Waals surface area contributed by atoms with Crippen LogP contribution < -0.4 is 5.32 Å². The molecule has 0 aliphatic carbocycles. The number of amidine groups is 1. The monoisotopic (exact) mass is 216 g/mol. The topological polar surface area (TPSA) is 41.5 Å². The highest BCUT2D eigenvalue weighted by Gasteiger charge is 2.29. The molecule has 1 aliphatic heterocycles. The zero-order valence-corrected chi connectivity index (χ0v) is 9.82. The number of nitrogens with one attached hydrogen (secondary N) is 1. The van der Waals surface area contributed by atoms with Crippen molar-refractivity contribution >= 4 is 11.7 Å². The molecule has 16 heavy (non-hydrogen) atoms. The second kappa shape index (κ2) is 4.08. The molecule has 3 nitrogen and oxygen atoms in total. The fraction of sp³-hybridized carbons (Fsp3) is 0.385. The van der Waals surface area contributed by atoms with E-state index in [9.17, 15) is 4.79 Å². The predicted molar refractivity (Wildman–Crippen MR) is 64.5 cm³/mol. The Kier molecular flexibility index (Phi) is 2.77. The number of nitrogens with zero attached hydrogens (tertiary/aromatic N) is 1. The molecule has 0 fully saturated rings. The largest absolute Gasteiger partial charge is 0.309 e. The van der Waals surface area contributed by atoms with Crippen LogP contribution in [0.3, 0.4) is 0 Å². The van der Waals surface area contributed by atoms with E-state index in [1.54, 1.807) is 0 Å². The summed E-state index contributed by atoms with van der Waals surface area (Å²) in [5.41, 5.74) is 2.15. The van der Waals surface area contributed by atoms with Gasteiger partial charge in [-0.2, -0.15) is 0 Å². The van der Waals surface area contributed by atoms with Crippen molar-refractivity contribution in [2.24, 2.45) is 10.9 Å². The molecule has 1 aromatic carbocycles. The average Bonchev–Trinajstić information content (AvgIpc) is 2.60. The first kappa shape index (κ1) is 10.9. The first-order valence-corrected chi connectivity index (χ1v) is 5.53. The van der Waals surface area contributed by atoms with Crippen molar-refractivity contribution in [2.75, 3.05) is 0 Å². The molecule has 1 heterocycles. The third kappa shape index (κ3) is 1.98. The first-order valence-electron chi connectivity index (χ1n) is 5.53. The summed E-state index contributed by atoms with van der Waals surface area (Å²) in [6.45, 7) is 6.04. The first-order chi connectivity index (χ1) is 7.58. The van der Waals surface area contributed by atoms with E-state index in [0.29, 0.717) is 5.84 Å². The second-order valence-corrected chi connectivity index (χ2v) is 4.53. The van der Waals surface area contributed by atoms with Crippen LogP contribution in [0.1, 0.15) is 25.0 Å². The summed E-state index contributed by atoms with van der Waals surface area (Å²) in [5.74, 6) is 0.946. The van der Waals surface area contributed by atoms with E-state index < -0.39 is 0 Å². The lowest BCUT2D eigenvalue weighted by atomic mass is 10.1. The van der Waals surface area contributed by atoms with Crippen LogP contribution in [0.15, 0.2) is 29.3 Å². The number of benzene rings is 1. The number of carbonyl (C=O) groups is 1. The van der Waals surface area contributed by atoms with Crippen LogP contribution in [0.25, 0.3) is 0 Å². The van der Waals surface area contributed by atoms with Crippen LogP contribution in [0.2, 0.25) is 0 Å². The molecule has 3 heteroatoms. The number of aryl methyl sites for hydroxylation is 1. The maximum atomic E-state index is 11.7. The molecule has 1 aromatic rings.